The Morgan fingerprint density at radius 3 is 2.52 bits per heavy atom. The standard InChI is InChI=1S/C16H25NO6/c1-16(2,3)23-15(21)17-8-7-12(19)14(20)11-9-10(18)5-6-13(11)22-4/h5-6,9,12,14,18-20H,7-8H2,1-4H3,(H,17,21). The number of amides is 1. The summed E-state index contributed by atoms with van der Waals surface area (Å²) in [6.07, 6.45) is -2.87. The fraction of sp³-hybridized carbons (Fsp3) is 0.562. The van der Waals surface area contributed by atoms with E-state index in [1.54, 1.807) is 20.8 Å². The summed E-state index contributed by atoms with van der Waals surface area (Å²) < 4.78 is 10.2. The van der Waals surface area contributed by atoms with Crippen LogP contribution < -0.4 is 10.1 Å². The Labute approximate surface area is 135 Å². The van der Waals surface area contributed by atoms with Gasteiger partial charge < -0.3 is 30.1 Å². The van der Waals surface area contributed by atoms with Crippen LogP contribution in [0.25, 0.3) is 0 Å². The fourth-order valence-electron chi connectivity index (χ4n) is 1.95. The lowest BCUT2D eigenvalue weighted by atomic mass is 10.0. The third-order valence-corrected chi connectivity index (χ3v) is 3.00. The van der Waals surface area contributed by atoms with Crippen LogP contribution in [0.15, 0.2) is 18.2 Å². The van der Waals surface area contributed by atoms with Crippen LogP contribution in [0.1, 0.15) is 38.9 Å². The molecule has 0 bridgehead atoms. The molecule has 1 rings (SSSR count). The molecule has 1 aromatic carbocycles. The summed E-state index contributed by atoms with van der Waals surface area (Å²) in [5, 5.41) is 32.2. The number of hydrogen-bond acceptors (Lipinski definition) is 6. The van der Waals surface area contributed by atoms with Gasteiger partial charge in [0, 0.05) is 12.1 Å². The Balaban J connectivity index is 2.56. The number of benzene rings is 1. The van der Waals surface area contributed by atoms with Crippen molar-refractivity contribution in [1.82, 2.24) is 5.32 Å². The van der Waals surface area contributed by atoms with E-state index in [0.29, 0.717) is 5.75 Å². The van der Waals surface area contributed by atoms with E-state index in [9.17, 15) is 20.1 Å². The maximum Gasteiger partial charge on any atom is 0.407 e. The van der Waals surface area contributed by atoms with Gasteiger partial charge in [-0.2, -0.15) is 0 Å². The van der Waals surface area contributed by atoms with E-state index in [2.05, 4.69) is 5.32 Å². The zero-order valence-electron chi connectivity index (χ0n) is 13.9. The topological polar surface area (TPSA) is 108 Å². The molecule has 0 spiro atoms. The lowest BCUT2D eigenvalue weighted by molar-refractivity contribution is 0.0110. The van der Waals surface area contributed by atoms with E-state index < -0.39 is 23.9 Å². The maximum absolute atomic E-state index is 11.5. The number of methoxy groups -OCH3 is 1. The molecule has 2 unspecified atom stereocenters. The molecular weight excluding hydrogens is 302 g/mol. The van der Waals surface area contributed by atoms with Crippen molar-refractivity contribution >= 4 is 6.09 Å². The Morgan fingerprint density at radius 2 is 1.96 bits per heavy atom. The van der Waals surface area contributed by atoms with Crippen LogP contribution in [0.4, 0.5) is 4.79 Å². The summed E-state index contributed by atoms with van der Waals surface area (Å²) in [6.45, 7) is 5.38. The van der Waals surface area contributed by atoms with Gasteiger partial charge in [0.1, 0.15) is 23.2 Å². The quantitative estimate of drug-likeness (QED) is 0.633. The maximum atomic E-state index is 11.5. The Morgan fingerprint density at radius 1 is 1.30 bits per heavy atom. The smallest absolute Gasteiger partial charge is 0.407 e. The molecular formula is C16H25NO6. The molecule has 130 valence electrons. The van der Waals surface area contributed by atoms with Crippen molar-refractivity contribution in [3.63, 3.8) is 0 Å². The number of aromatic hydroxyl groups is 1. The van der Waals surface area contributed by atoms with Crippen LogP contribution in [0.3, 0.4) is 0 Å². The van der Waals surface area contributed by atoms with Crippen molar-refractivity contribution in [1.29, 1.82) is 0 Å². The van der Waals surface area contributed by atoms with Gasteiger partial charge in [0.15, 0.2) is 0 Å². The number of ether oxygens (including phenoxy) is 2. The average molecular weight is 327 g/mol. The second-order valence-corrected chi connectivity index (χ2v) is 6.16. The first-order valence-electron chi connectivity index (χ1n) is 7.34. The molecule has 0 fully saturated rings. The van der Waals surface area contributed by atoms with Gasteiger partial charge in [0.05, 0.1) is 13.2 Å². The minimum Gasteiger partial charge on any atom is -0.508 e. The van der Waals surface area contributed by atoms with Gasteiger partial charge in [-0.25, -0.2) is 4.79 Å². The summed E-state index contributed by atoms with van der Waals surface area (Å²) in [5.74, 6) is 0.313. The number of phenolic OH excluding ortho intramolecular Hbond substituents is 1. The number of rotatable bonds is 6. The van der Waals surface area contributed by atoms with E-state index in [1.165, 1.54) is 25.3 Å². The highest BCUT2D eigenvalue weighted by molar-refractivity contribution is 5.67. The molecule has 7 nitrogen and oxygen atoms in total. The van der Waals surface area contributed by atoms with E-state index in [-0.39, 0.29) is 24.3 Å². The minimum atomic E-state index is -1.25. The summed E-state index contributed by atoms with van der Waals surface area (Å²) >= 11 is 0. The highest BCUT2D eigenvalue weighted by Gasteiger charge is 2.23. The van der Waals surface area contributed by atoms with Crippen LogP contribution in [0.5, 0.6) is 11.5 Å². The highest BCUT2D eigenvalue weighted by atomic mass is 16.6. The van der Waals surface area contributed by atoms with Gasteiger partial charge in [0.25, 0.3) is 0 Å². The molecule has 7 heteroatoms. The van der Waals surface area contributed by atoms with Gasteiger partial charge in [-0.15, -0.1) is 0 Å². The lowest BCUT2D eigenvalue weighted by Crippen LogP contribution is -2.34. The third kappa shape index (κ3) is 6.33. The van der Waals surface area contributed by atoms with Crippen molar-refractivity contribution in [3.05, 3.63) is 23.8 Å². The van der Waals surface area contributed by atoms with Crippen molar-refractivity contribution in [3.8, 4) is 11.5 Å². The molecule has 1 aromatic rings. The molecule has 0 aliphatic carbocycles. The molecule has 0 radical (unpaired) electrons. The van der Waals surface area contributed by atoms with Crippen molar-refractivity contribution in [2.45, 2.75) is 45.0 Å². The molecule has 0 saturated heterocycles. The minimum absolute atomic E-state index is 0.0427. The predicted octanol–water partition coefficient (Wildman–Crippen LogP) is 1.71. The van der Waals surface area contributed by atoms with Gasteiger partial charge in [-0.1, -0.05) is 0 Å². The first kappa shape index (κ1) is 19.1. The van der Waals surface area contributed by atoms with Crippen LogP contribution in [-0.2, 0) is 4.74 Å². The molecule has 0 saturated carbocycles. The lowest BCUT2D eigenvalue weighted by Gasteiger charge is -2.22. The largest absolute Gasteiger partial charge is 0.508 e. The molecule has 23 heavy (non-hydrogen) atoms. The van der Waals surface area contributed by atoms with Crippen LogP contribution in [0.2, 0.25) is 0 Å². The fourth-order valence-corrected chi connectivity index (χ4v) is 1.95. The number of aliphatic hydroxyl groups excluding tert-OH is 2. The molecule has 0 heterocycles. The second-order valence-electron chi connectivity index (χ2n) is 6.16. The number of carbonyl (C=O) groups excluding carboxylic acids is 1. The third-order valence-electron chi connectivity index (χ3n) is 3.00. The number of nitrogens with one attached hydrogen (secondary N) is 1. The van der Waals surface area contributed by atoms with Crippen molar-refractivity contribution in [2.24, 2.45) is 0 Å². The summed E-state index contributed by atoms with van der Waals surface area (Å²) in [5.41, 5.74) is -0.325. The van der Waals surface area contributed by atoms with E-state index >= 15 is 0 Å². The number of hydrogen-bond donors (Lipinski definition) is 4. The summed E-state index contributed by atoms with van der Waals surface area (Å²) in [7, 11) is 1.43. The molecule has 0 aliphatic rings. The Bertz CT molecular complexity index is 526. The van der Waals surface area contributed by atoms with Crippen LogP contribution in [0, 0.1) is 0 Å². The number of carbonyl (C=O) groups is 1. The van der Waals surface area contributed by atoms with Gasteiger partial charge in [0.2, 0.25) is 0 Å². The first-order valence-corrected chi connectivity index (χ1v) is 7.34. The molecule has 1 amide bonds. The van der Waals surface area contributed by atoms with Gasteiger partial charge in [-0.05, 0) is 45.4 Å². The normalized spacial score (nSPS) is 14.0. The molecule has 2 atom stereocenters. The Kier molecular flexibility index (Phi) is 6.65. The van der Waals surface area contributed by atoms with Crippen LogP contribution in [-0.4, -0.2) is 46.8 Å². The van der Waals surface area contributed by atoms with E-state index in [1.807, 2.05) is 0 Å². The molecule has 4 N–H and O–H groups in total. The SMILES string of the molecule is COc1ccc(O)cc1C(O)C(O)CCNC(=O)OC(C)(C)C. The Hall–Kier alpha value is -1.99. The van der Waals surface area contributed by atoms with Gasteiger partial charge >= 0.3 is 6.09 Å². The second kappa shape index (κ2) is 8.03. The molecule has 0 aromatic heterocycles. The number of aliphatic hydroxyl groups is 2. The first-order chi connectivity index (χ1) is 10.6. The molecule has 0 aliphatic heterocycles. The van der Waals surface area contributed by atoms with Crippen molar-refractivity contribution < 1.29 is 29.6 Å². The predicted molar refractivity (Wildman–Crippen MR) is 84.5 cm³/mol. The monoisotopic (exact) mass is 327 g/mol. The van der Waals surface area contributed by atoms with Gasteiger partial charge in [-0.3, -0.25) is 0 Å². The zero-order chi connectivity index (χ0) is 17.6. The summed E-state index contributed by atoms with van der Waals surface area (Å²) in [4.78, 5) is 11.5. The van der Waals surface area contributed by atoms with Crippen molar-refractivity contribution in [2.75, 3.05) is 13.7 Å². The van der Waals surface area contributed by atoms with Crippen LogP contribution >= 0.6 is 0 Å². The average Bonchev–Trinajstić information content (AvgIpc) is 2.44. The summed E-state index contributed by atoms with van der Waals surface area (Å²) in [6, 6.07) is 4.25. The van der Waals surface area contributed by atoms with E-state index in [4.69, 9.17) is 9.47 Å². The number of phenols is 1. The van der Waals surface area contributed by atoms with E-state index in [0.717, 1.165) is 0 Å². The number of alkyl carbamates (subject to hydrolysis) is 1. The zero-order valence-corrected chi connectivity index (χ0v) is 13.9. The highest BCUT2D eigenvalue weighted by Crippen LogP contribution is 2.31.